The number of pyridine rings is 1. The molecule has 0 atom stereocenters. The van der Waals surface area contributed by atoms with Crippen LogP contribution in [0.3, 0.4) is 0 Å². The van der Waals surface area contributed by atoms with E-state index in [1.165, 1.54) is 0 Å². The van der Waals surface area contributed by atoms with Crippen LogP contribution in [0.1, 0.15) is 25.8 Å². The lowest BCUT2D eigenvalue weighted by Crippen LogP contribution is -2.05. The van der Waals surface area contributed by atoms with Gasteiger partial charge >= 0.3 is 0 Å². The van der Waals surface area contributed by atoms with Gasteiger partial charge in [0.2, 0.25) is 5.16 Å². The zero-order valence-electron chi connectivity index (χ0n) is 10.7. The summed E-state index contributed by atoms with van der Waals surface area (Å²) in [6, 6.07) is 1.10. The summed E-state index contributed by atoms with van der Waals surface area (Å²) in [4.78, 5) is 3.95. The van der Waals surface area contributed by atoms with Crippen molar-refractivity contribution in [2.24, 2.45) is 0 Å². The van der Waals surface area contributed by atoms with Crippen LogP contribution in [0.5, 0.6) is 0 Å². The van der Waals surface area contributed by atoms with Gasteiger partial charge in [0, 0.05) is 12.6 Å². The predicted molar refractivity (Wildman–Crippen MR) is 68.5 cm³/mol. The fourth-order valence-electron chi connectivity index (χ4n) is 1.70. The molecular formula is C11H12F2N6S. The van der Waals surface area contributed by atoms with Gasteiger partial charge < -0.3 is 5.32 Å². The van der Waals surface area contributed by atoms with Crippen LogP contribution >= 0.6 is 11.8 Å². The maximum Gasteiger partial charge on any atom is 0.215 e. The van der Waals surface area contributed by atoms with E-state index in [4.69, 9.17) is 0 Å². The topological polar surface area (TPSA) is 68.5 Å². The number of hydrogen-bond acceptors (Lipinski definition) is 6. The Balaban J connectivity index is 1.89. The summed E-state index contributed by atoms with van der Waals surface area (Å²) in [5, 5.41) is 14.6. The Hall–Kier alpha value is -1.77. The fourth-order valence-corrected chi connectivity index (χ4v) is 2.52. The number of halogens is 2. The fraction of sp³-hybridized carbons (Fsp3) is 0.455. The van der Waals surface area contributed by atoms with E-state index in [0.29, 0.717) is 11.7 Å². The quantitative estimate of drug-likeness (QED) is 0.913. The number of rotatable bonds is 5. The first-order valence-electron chi connectivity index (χ1n) is 6.24. The molecular weight excluding hydrogens is 286 g/mol. The maximum atomic E-state index is 13.8. The lowest BCUT2D eigenvalue weighted by Gasteiger charge is -2.07. The average molecular weight is 298 g/mol. The number of nitrogens with one attached hydrogen (secondary N) is 1. The van der Waals surface area contributed by atoms with Gasteiger partial charge in [0.05, 0.1) is 6.04 Å². The second kappa shape index (κ2) is 5.31. The molecule has 0 bridgehead atoms. The first-order valence-corrected chi connectivity index (χ1v) is 7.06. The third-order valence-corrected chi connectivity index (χ3v) is 3.72. The van der Waals surface area contributed by atoms with Crippen molar-refractivity contribution in [2.45, 2.75) is 36.0 Å². The average Bonchev–Trinajstić information content (AvgIpc) is 3.16. The van der Waals surface area contributed by atoms with Gasteiger partial charge in [-0.3, -0.25) is 0 Å². The SMILES string of the molecule is CCNc1nc(Sc2nnnn2C2CC2)c(F)cc1F. The number of nitrogens with zero attached hydrogens (tertiary/aromatic N) is 5. The second-order valence-electron chi connectivity index (χ2n) is 4.38. The molecule has 0 saturated heterocycles. The van der Waals surface area contributed by atoms with Crippen molar-refractivity contribution >= 4 is 17.6 Å². The lowest BCUT2D eigenvalue weighted by atomic mass is 10.4. The number of tetrazole rings is 1. The van der Waals surface area contributed by atoms with Crippen molar-refractivity contribution in [1.82, 2.24) is 25.2 Å². The Morgan fingerprint density at radius 1 is 1.40 bits per heavy atom. The molecule has 106 valence electrons. The van der Waals surface area contributed by atoms with Gasteiger partial charge in [-0.2, -0.15) is 0 Å². The molecule has 0 amide bonds. The molecule has 2 aromatic heterocycles. The van der Waals surface area contributed by atoms with E-state index in [1.807, 2.05) is 6.92 Å². The largest absolute Gasteiger partial charge is 0.368 e. The van der Waals surface area contributed by atoms with E-state index in [-0.39, 0.29) is 16.9 Å². The molecule has 0 aliphatic heterocycles. The molecule has 0 radical (unpaired) electrons. The van der Waals surface area contributed by atoms with Gasteiger partial charge in [0.25, 0.3) is 0 Å². The molecule has 3 rings (SSSR count). The molecule has 1 aliphatic carbocycles. The molecule has 0 aromatic carbocycles. The Bertz CT molecular complexity index is 627. The van der Waals surface area contributed by atoms with Crippen molar-refractivity contribution in [1.29, 1.82) is 0 Å². The zero-order chi connectivity index (χ0) is 14.1. The monoisotopic (exact) mass is 298 g/mol. The van der Waals surface area contributed by atoms with Gasteiger partial charge in [-0.25, -0.2) is 18.4 Å². The predicted octanol–water partition coefficient (Wildman–Crippen LogP) is 2.26. The summed E-state index contributed by atoms with van der Waals surface area (Å²) in [6.45, 7) is 2.31. The minimum atomic E-state index is -0.723. The Labute approximate surface area is 118 Å². The van der Waals surface area contributed by atoms with Crippen molar-refractivity contribution in [3.8, 4) is 0 Å². The van der Waals surface area contributed by atoms with Crippen LogP contribution in [0, 0.1) is 11.6 Å². The first kappa shape index (κ1) is 13.2. The molecule has 0 spiro atoms. The van der Waals surface area contributed by atoms with Crippen LogP contribution in [-0.4, -0.2) is 31.7 Å². The highest BCUT2D eigenvalue weighted by molar-refractivity contribution is 7.99. The van der Waals surface area contributed by atoms with Gasteiger partial charge in [0.15, 0.2) is 17.5 Å². The highest BCUT2D eigenvalue weighted by Crippen LogP contribution is 2.38. The second-order valence-corrected chi connectivity index (χ2v) is 5.33. The summed E-state index contributed by atoms with van der Waals surface area (Å²) in [5.41, 5.74) is 0. The van der Waals surface area contributed by atoms with Crippen LogP contribution in [0.25, 0.3) is 0 Å². The van der Waals surface area contributed by atoms with Gasteiger partial charge in [-0.1, -0.05) is 0 Å². The minimum absolute atomic E-state index is 0.0295. The molecule has 1 N–H and O–H groups in total. The van der Waals surface area contributed by atoms with Gasteiger partial charge in [-0.15, -0.1) is 5.10 Å². The first-order chi connectivity index (χ1) is 9.69. The highest BCUT2D eigenvalue weighted by Gasteiger charge is 2.28. The van der Waals surface area contributed by atoms with Crippen molar-refractivity contribution in [2.75, 3.05) is 11.9 Å². The van der Waals surface area contributed by atoms with Crippen LogP contribution in [-0.2, 0) is 0 Å². The molecule has 6 nitrogen and oxygen atoms in total. The molecule has 1 saturated carbocycles. The molecule has 1 fully saturated rings. The Morgan fingerprint density at radius 2 is 2.20 bits per heavy atom. The zero-order valence-corrected chi connectivity index (χ0v) is 11.5. The lowest BCUT2D eigenvalue weighted by molar-refractivity contribution is 0.546. The molecule has 9 heteroatoms. The normalized spacial score (nSPS) is 14.6. The third-order valence-electron chi connectivity index (χ3n) is 2.78. The highest BCUT2D eigenvalue weighted by atomic mass is 32.2. The van der Waals surface area contributed by atoms with E-state index >= 15 is 0 Å². The molecule has 1 aliphatic rings. The van der Waals surface area contributed by atoms with Crippen LogP contribution < -0.4 is 5.32 Å². The van der Waals surface area contributed by atoms with Gasteiger partial charge in [0.1, 0.15) is 5.03 Å². The van der Waals surface area contributed by atoms with Crippen molar-refractivity contribution in [3.05, 3.63) is 17.7 Å². The summed E-state index contributed by atoms with van der Waals surface area (Å²) in [5.74, 6) is -1.41. The summed E-state index contributed by atoms with van der Waals surface area (Å²) in [7, 11) is 0. The Kier molecular flexibility index (Phi) is 3.51. The molecule has 20 heavy (non-hydrogen) atoms. The Morgan fingerprint density at radius 3 is 2.90 bits per heavy atom. The molecule has 2 heterocycles. The van der Waals surface area contributed by atoms with Crippen molar-refractivity contribution < 1.29 is 8.78 Å². The van der Waals surface area contributed by atoms with E-state index in [1.54, 1.807) is 4.68 Å². The number of aromatic nitrogens is 5. The number of anilines is 1. The van der Waals surface area contributed by atoms with Crippen LogP contribution in [0.2, 0.25) is 0 Å². The van der Waals surface area contributed by atoms with Crippen LogP contribution in [0.15, 0.2) is 16.2 Å². The summed E-state index contributed by atoms with van der Waals surface area (Å²) in [6.07, 6.45) is 2.03. The maximum absolute atomic E-state index is 13.8. The van der Waals surface area contributed by atoms with Crippen LogP contribution in [0.4, 0.5) is 14.6 Å². The van der Waals surface area contributed by atoms with E-state index in [2.05, 4.69) is 25.8 Å². The third kappa shape index (κ3) is 2.58. The van der Waals surface area contributed by atoms with E-state index in [0.717, 1.165) is 30.7 Å². The van der Waals surface area contributed by atoms with E-state index in [9.17, 15) is 8.78 Å². The molecule has 2 aromatic rings. The van der Waals surface area contributed by atoms with Gasteiger partial charge in [-0.05, 0) is 42.0 Å². The summed E-state index contributed by atoms with van der Waals surface area (Å²) >= 11 is 0.999. The summed E-state index contributed by atoms with van der Waals surface area (Å²) < 4.78 is 28.9. The van der Waals surface area contributed by atoms with E-state index < -0.39 is 11.6 Å². The molecule has 0 unspecified atom stereocenters. The smallest absolute Gasteiger partial charge is 0.215 e. The number of hydrogen-bond donors (Lipinski definition) is 1. The van der Waals surface area contributed by atoms with Crippen molar-refractivity contribution in [3.63, 3.8) is 0 Å². The minimum Gasteiger partial charge on any atom is -0.368 e. The standard InChI is InChI=1S/C11H12F2N6S/c1-2-14-9-7(12)5-8(13)10(15-9)20-11-16-17-18-19(11)6-3-4-6/h5-6H,2-4H2,1H3,(H,14,15).